The van der Waals surface area contributed by atoms with E-state index in [0.29, 0.717) is 30.1 Å². The standard InChI is InChI=1S/C22H24ClN7O2/c23-17-8-9-19(30-14-26-27-28-30)16(12-17)13-25-21(31)20-7-4-10-29(20)22(32)18(24)11-15-5-2-1-3-6-15/h1-3,5-6,8-9,12,14,18,20H,4,7,10-11,13,24H2,(H,25,31)/t18?,20-/m0/s1. The Hall–Kier alpha value is -3.30. The van der Waals surface area contributed by atoms with Gasteiger partial charge in [-0.05, 0) is 59.0 Å². The Morgan fingerprint density at radius 2 is 2.03 bits per heavy atom. The van der Waals surface area contributed by atoms with E-state index in [2.05, 4.69) is 20.8 Å². The Labute approximate surface area is 190 Å². The highest BCUT2D eigenvalue weighted by atomic mass is 35.5. The van der Waals surface area contributed by atoms with E-state index in [0.717, 1.165) is 17.5 Å². The van der Waals surface area contributed by atoms with Gasteiger partial charge in [-0.25, -0.2) is 4.68 Å². The molecule has 4 rings (SSSR count). The van der Waals surface area contributed by atoms with Gasteiger partial charge < -0.3 is 16.0 Å². The van der Waals surface area contributed by atoms with Crippen LogP contribution in [0.4, 0.5) is 0 Å². The van der Waals surface area contributed by atoms with Crippen molar-refractivity contribution in [3.8, 4) is 5.69 Å². The highest BCUT2D eigenvalue weighted by Crippen LogP contribution is 2.21. The number of nitrogens with two attached hydrogens (primary N) is 1. The predicted molar refractivity (Wildman–Crippen MR) is 119 cm³/mol. The van der Waals surface area contributed by atoms with Gasteiger partial charge in [0.05, 0.1) is 11.7 Å². The third kappa shape index (κ3) is 4.95. The number of nitrogens with zero attached hydrogens (tertiary/aromatic N) is 5. The van der Waals surface area contributed by atoms with Gasteiger partial charge >= 0.3 is 0 Å². The van der Waals surface area contributed by atoms with Gasteiger partial charge in [-0.15, -0.1) is 5.10 Å². The van der Waals surface area contributed by atoms with Crippen LogP contribution in [0.5, 0.6) is 0 Å². The molecule has 2 atom stereocenters. The van der Waals surface area contributed by atoms with Gasteiger partial charge in [0.25, 0.3) is 0 Å². The van der Waals surface area contributed by atoms with Crippen molar-refractivity contribution in [2.75, 3.05) is 6.54 Å². The molecule has 9 nitrogen and oxygen atoms in total. The molecule has 1 fully saturated rings. The number of tetrazole rings is 1. The first-order chi connectivity index (χ1) is 15.5. The van der Waals surface area contributed by atoms with Gasteiger partial charge in [0, 0.05) is 18.1 Å². The fraction of sp³-hybridized carbons (Fsp3) is 0.318. The average Bonchev–Trinajstić information content (AvgIpc) is 3.50. The minimum atomic E-state index is -0.690. The van der Waals surface area contributed by atoms with E-state index in [4.69, 9.17) is 17.3 Å². The first kappa shape index (κ1) is 21.9. The van der Waals surface area contributed by atoms with Crippen LogP contribution >= 0.6 is 11.6 Å². The zero-order valence-electron chi connectivity index (χ0n) is 17.4. The largest absolute Gasteiger partial charge is 0.350 e. The van der Waals surface area contributed by atoms with E-state index in [1.807, 2.05) is 30.3 Å². The van der Waals surface area contributed by atoms with Crippen LogP contribution in [0.25, 0.3) is 5.69 Å². The molecule has 166 valence electrons. The van der Waals surface area contributed by atoms with E-state index in [1.165, 1.54) is 11.0 Å². The van der Waals surface area contributed by atoms with Crippen LogP contribution in [-0.4, -0.2) is 55.5 Å². The molecule has 0 saturated carbocycles. The van der Waals surface area contributed by atoms with Gasteiger partial charge in [0.2, 0.25) is 11.8 Å². The van der Waals surface area contributed by atoms with Gasteiger partial charge in [-0.1, -0.05) is 41.9 Å². The van der Waals surface area contributed by atoms with Crippen LogP contribution < -0.4 is 11.1 Å². The number of halogens is 1. The first-order valence-electron chi connectivity index (χ1n) is 10.4. The molecular formula is C22H24ClN7O2. The number of nitrogens with one attached hydrogen (secondary N) is 1. The fourth-order valence-corrected chi connectivity index (χ4v) is 4.16. The molecule has 2 amide bonds. The van der Waals surface area contributed by atoms with Crippen molar-refractivity contribution in [3.63, 3.8) is 0 Å². The molecule has 1 aliphatic heterocycles. The van der Waals surface area contributed by atoms with Crippen molar-refractivity contribution in [1.29, 1.82) is 0 Å². The molecule has 32 heavy (non-hydrogen) atoms. The molecule has 1 aliphatic rings. The highest BCUT2D eigenvalue weighted by molar-refractivity contribution is 6.30. The summed E-state index contributed by atoms with van der Waals surface area (Å²) in [7, 11) is 0. The van der Waals surface area contributed by atoms with Crippen molar-refractivity contribution in [3.05, 3.63) is 71.0 Å². The Kier molecular flexibility index (Phi) is 6.77. The number of amides is 2. The van der Waals surface area contributed by atoms with Crippen LogP contribution in [0, 0.1) is 0 Å². The maximum Gasteiger partial charge on any atom is 0.243 e. The molecule has 1 unspecified atom stereocenters. The van der Waals surface area contributed by atoms with Gasteiger partial charge in [-0.2, -0.15) is 0 Å². The molecule has 0 bridgehead atoms. The number of rotatable bonds is 7. The summed E-state index contributed by atoms with van der Waals surface area (Å²) < 4.78 is 1.51. The third-order valence-electron chi connectivity index (χ3n) is 5.54. The Bertz CT molecular complexity index is 1080. The Morgan fingerprint density at radius 3 is 2.78 bits per heavy atom. The monoisotopic (exact) mass is 453 g/mol. The maximum absolute atomic E-state index is 13.0. The summed E-state index contributed by atoms with van der Waals surface area (Å²) in [5.41, 5.74) is 8.65. The second-order valence-corrected chi connectivity index (χ2v) is 8.17. The number of carbonyl (C=O) groups is 2. The molecule has 2 heterocycles. The lowest BCUT2D eigenvalue weighted by atomic mass is 10.1. The molecule has 0 radical (unpaired) electrons. The van der Waals surface area contributed by atoms with E-state index >= 15 is 0 Å². The maximum atomic E-state index is 13.0. The zero-order valence-corrected chi connectivity index (χ0v) is 18.2. The lowest BCUT2D eigenvalue weighted by Crippen LogP contribution is -2.51. The summed E-state index contributed by atoms with van der Waals surface area (Å²) in [5.74, 6) is -0.422. The van der Waals surface area contributed by atoms with Crippen LogP contribution in [0.3, 0.4) is 0 Å². The van der Waals surface area contributed by atoms with Gasteiger partial charge in [-0.3, -0.25) is 9.59 Å². The van der Waals surface area contributed by atoms with E-state index in [1.54, 1.807) is 23.1 Å². The second kappa shape index (κ2) is 9.88. The van der Waals surface area contributed by atoms with E-state index in [-0.39, 0.29) is 18.4 Å². The summed E-state index contributed by atoms with van der Waals surface area (Å²) >= 11 is 6.15. The minimum Gasteiger partial charge on any atom is -0.350 e. The summed E-state index contributed by atoms with van der Waals surface area (Å²) in [6.07, 6.45) is 3.27. The van der Waals surface area contributed by atoms with E-state index < -0.39 is 12.1 Å². The molecule has 1 aromatic heterocycles. The second-order valence-electron chi connectivity index (χ2n) is 7.73. The van der Waals surface area contributed by atoms with Crippen molar-refractivity contribution < 1.29 is 9.59 Å². The highest BCUT2D eigenvalue weighted by Gasteiger charge is 2.36. The molecular weight excluding hydrogens is 430 g/mol. The quantitative estimate of drug-likeness (QED) is 0.559. The van der Waals surface area contributed by atoms with Crippen LogP contribution in [0.1, 0.15) is 24.0 Å². The van der Waals surface area contributed by atoms with E-state index in [9.17, 15) is 9.59 Å². The SMILES string of the molecule is NC(Cc1ccccc1)C(=O)N1CCC[C@H]1C(=O)NCc1cc(Cl)ccc1-n1cnnn1. The van der Waals surface area contributed by atoms with Crippen LogP contribution in [0.2, 0.25) is 5.02 Å². The topological polar surface area (TPSA) is 119 Å². The molecule has 10 heteroatoms. The number of carbonyl (C=O) groups excluding carboxylic acids is 2. The zero-order chi connectivity index (χ0) is 22.5. The average molecular weight is 454 g/mol. The smallest absolute Gasteiger partial charge is 0.243 e. The number of hydrogen-bond acceptors (Lipinski definition) is 6. The number of hydrogen-bond donors (Lipinski definition) is 2. The molecule has 1 saturated heterocycles. The summed E-state index contributed by atoms with van der Waals surface area (Å²) in [5, 5.41) is 14.7. The first-order valence-corrected chi connectivity index (χ1v) is 10.8. The number of likely N-dealkylation sites (tertiary alicyclic amines) is 1. The normalized spacial score (nSPS) is 16.7. The Balaban J connectivity index is 1.41. The molecule has 0 aliphatic carbocycles. The molecule has 2 aromatic carbocycles. The fourth-order valence-electron chi connectivity index (χ4n) is 3.96. The van der Waals surface area contributed by atoms with Crippen LogP contribution in [0.15, 0.2) is 54.9 Å². The molecule has 3 N–H and O–H groups in total. The predicted octanol–water partition coefficient (Wildman–Crippen LogP) is 1.49. The lowest BCUT2D eigenvalue weighted by Gasteiger charge is -2.27. The van der Waals surface area contributed by atoms with Gasteiger partial charge in [0.15, 0.2) is 0 Å². The van der Waals surface area contributed by atoms with Crippen molar-refractivity contribution >= 4 is 23.4 Å². The molecule has 3 aromatic rings. The number of aromatic nitrogens is 4. The number of benzene rings is 2. The van der Waals surface area contributed by atoms with Crippen molar-refractivity contribution in [2.24, 2.45) is 5.73 Å². The molecule has 0 spiro atoms. The summed E-state index contributed by atoms with van der Waals surface area (Å²) in [6, 6.07) is 13.7. The van der Waals surface area contributed by atoms with Crippen LogP contribution in [-0.2, 0) is 22.6 Å². The Morgan fingerprint density at radius 1 is 1.22 bits per heavy atom. The third-order valence-corrected chi connectivity index (χ3v) is 5.78. The van der Waals surface area contributed by atoms with Gasteiger partial charge in [0.1, 0.15) is 12.4 Å². The summed E-state index contributed by atoms with van der Waals surface area (Å²) in [4.78, 5) is 27.5. The summed E-state index contributed by atoms with van der Waals surface area (Å²) in [6.45, 7) is 0.746. The van der Waals surface area contributed by atoms with Crippen molar-refractivity contribution in [2.45, 2.75) is 37.9 Å². The minimum absolute atomic E-state index is 0.205. The van der Waals surface area contributed by atoms with Crippen molar-refractivity contribution in [1.82, 2.24) is 30.4 Å². The lowest BCUT2D eigenvalue weighted by molar-refractivity contribution is -0.139.